The zero-order chi connectivity index (χ0) is 20.7. The molecule has 7 heteroatoms. The number of esters is 1. The minimum atomic E-state index is -0.741. The number of hydrogen-bond donors (Lipinski definition) is 1. The molecule has 0 unspecified atom stereocenters. The van der Waals surface area contributed by atoms with Crippen LogP contribution in [0.3, 0.4) is 0 Å². The minimum absolute atomic E-state index is 0.156. The summed E-state index contributed by atoms with van der Waals surface area (Å²) in [5, 5.41) is 3.17. The van der Waals surface area contributed by atoms with Gasteiger partial charge in [-0.3, -0.25) is 4.79 Å². The van der Waals surface area contributed by atoms with Crippen LogP contribution in [0.2, 0.25) is 5.02 Å². The Balaban J connectivity index is 1.97. The van der Waals surface area contributed by atoms with Gasteiger partial charge in [0.05, 0.1) is 18.2 Å². The van der Waals surface area contributed by atoms with Crippen molar-refractivity contribution in [3.63, 3.8) is 0 Å². The Labute approximate surface area is 169 Å². The number of hydrogen-bond acceptors (Lipinski definition) is 5. The van der Waals surface area contributed by atoms with Crippen LogP contribution in [0.1, 0.15) is 37.6 Å². The van der Waals surface area contributed by atoms with Gasteiger partial charge in [0.25, 0.3) is 5.91 Å². The van der Waals surface area contributed by atoms with Gasteiger partial charge in [-0.25, -0.2) is 4.79 Å². The molecule has 6 nitrogen and oxygen atoms in total. The average molecular weight is 406 g/mol. The lowest BCUT2D eigenvalue weighted by Gasteiger charge is -2.17. The smallest absolute Gasteiger partial charge is 0.347 e. The fraction of sp³-hybridized carbons (Fsp3) is 0.333. The molecular weight excluding hydrogens is 382 g/mol. The molecule has 0 spiro atoms. The van der Waals surface area contributed by atoms with Gasteiger partial charge in [-0.2, -0.15) is 0 Å². The van der Waals surface area contributed by atoms with E-state index in [1.807, 2.05) is 13.8 Å². The van der Waals surface area contributed by atoms with Crippen LogP contribution in [0.5, 0.6) is 11.5 Å². The van der Waals surface area contributed by atoms with Crippen molar-refractivity contribution < 1.29 is 23.8 Å². The van der Waals surface area contributed by atoms with E-state index >= 15 is 0 Å². The Morgan fingerprint density at radius 1 is 1.11 bits per heavy atom. The number of carbonyl (C=O) groups excluding carboxylic acids is 2. The molecule has 1 amide bonds. The summed E-state index contributed by atoms with van der Waals surface area (Å²) in [6.45, 7) is 5.39. The third kappa shape index (κ3) is 5.89. The first-order chi connectivity index (χ1) is 13.3. The molecule has 0 radical (unpaired) electrons. The number of amides is 1. The summed E-state index contributed by atoms with van der Waals surface area (Å²) in [6.07, 6.45) is -0.159. The Morgan fingerprint density at radius 2 is 1.79 bits per heavy atom. The van der Waals surface area contributed by atoms with Gasteiger partial charge in [0.1, 0.15) is 11.5 Å². The number of ether oxygens (including phenoxy) is 3. The van der Waals surface area contributed by atoms with E-state index in [9.17, 15) is 9.59 Å². The quantitative estimate of drug-likeness (QED) is 0.644. The molecule has 0 saturated carbocycles. The molecule has 2 aromatic carbocycles. The summed E-state index contributed by atoms with van der Waals surface area (Å²) in [4.78, 5) is 24.3. The van der Waals surface area contributed by atoms with Crippen molar-refractivity contribution >= 4 is 29.2 Å². The molecule has 0 aliphatic carbocycles. The van der Waals surface area contributed by atoms with Crippen LogP contribution in [0, 0.1) is 0 Å². The van der Waals surface area contributed by atoms with Crippen molar-refractivity contribution in [3.8, 4) is 11.5 Å². The van der Waals surface area contributed by atoms with Crippen molar-refractivity contribution in [2.24, 2.45) is 0 Å². The molecule has 0 aliphatic rings. The monoisotopic (exact) mass is 405 g/mol. The summed E-state index contributed by atoms with van der Waals surface area (Å²) in [5.74, 6) is 0.282. The fourth-order valence-electron chi connectivity index (χ4n) is 2.26. The van der Waals surface area contributed by atoms with E-state index in [-0.39, 0.29) is 12.0 Å². The first-order valence-electron chi connectivity index (χ1n) is 8.96. The molecule has 0 aromatic heterocycles. The van der Waals surface area contributed by atoms with E-state index in [1.165, 1.54) is 7.11 Å². The predicted octanol–water partition coefficient (Wildman–Crippen LogP) is 4.71. The number of carbonyl (C=O) groups is 2. The molecule has 1 N–H and O–H groups in total. The predicted molar refractivity (Wildman–Crippen MR) is 108 cm³/mol. The molecule has 2 atom stereocenters. The van der Waals surface area contributed by atoms with Gasteiger partial charge in [0, 0.05) is 11.3 Å². The van der Waals surface area contributed by atoms with E-state index in [2.05, 4.69) is 5.32 Å². The Hall–Kier alpha value is -2.73. The molecule has 2 rings (SSSR count). The third-order valence-corrected chi connectivity index (χ3v) is 4.36. The highest BCUT2D eigenvalue weighted by molar-refractivity contribution is 6.32. The lowest BCUT2D eigenvalue weighted by Crippen LogP contribution is -2.29. The van der Waals surface area contributed by atoms with Crippen LogP contribution in [0.4, 0.5) is 5.69 Å². The number of methoxy groups -OCH3 is 1. The SMILES string of the molecule is CC[C@H](C)OC(=O)[C@@H](C)Oc1ccc(C(=O)Nc2ccc(OC)c(Cl)c2)cc1. The van der Waals surface area contributed by atoms with Crippen molar-refractivity contribution in [2.75, 3.05) is 12.4 Å². The van der Waals surface area contributed by atoms with Crippen molar-refractivity contribution in [2.45, 2.75) is 39.4 Å². The highest BCUT2D eigenvalue weighted by atomic mass is 35.5. The Bertz CT molecular complexity index is 822. The maximum atomic E-state index is 12.4. The molecule has 0 fully saturated rings. The number of nitrogens with one attached hydrogen (secondary N) is 1. The lowest BCUT2D eigenvalue weighted by atomic mass is 10.2. The zero-order valence-electron chi connectivity index (χ0n) is 16.3. The normalized spacial score (nSPS) is 12.6. The molecule has 28 heavy (non-hydrogen) atoms. The standard InChI is InChI=1S/C21H24ClNO5/c1-5-13(2)27-21(25)14(3)28-17-9-6-15(7-10-17)20(24)23-16-8-11-19(26-4)18(22)12-16/h6-14H,5H2,1-4H3,(H,23,24)/t13-,14+/m0/s1. The fourth-order valence-corrected chi connectivity index (χ4v) is 2.52. The van der Waals surface area contributed by atoms with Gasteiger partial charge in [-0.05, 0) is 62.7 Å². The molecule has 0 bridgehead atoms. The average Bonchev–Trinajstić information content (AvgIpc) is 2.68. The van der Waals surface area contributed by atoms with Crippen LogP contribution >= 0.6 is 11.6 Å². The van der Waals surface area contributed by atoms with Crippen LogP contribution in [-0.4, -0.2) is 31.2 Å². The van der Waals surface area contributed by atoms with Gasteiger partial charge in [0.15, 0.2) is 6.10 Å². The van der Waals surface area contributed by atoms with Crippen LogP contribution in [0.15, 0.2) is 42.5 Å². The van der Waals surface area contributed by atoms with Gasteiger partial charge in [-0.15, -0.1) is 0 Å². The van der Waals surface area contributed by atoms with E-state index < -0.39 is 12.1 Å². The van der Waals surface area contributed by atoms with E-state index in [1.54, 1.807) is 49.4 Å². The second-order valence-corrected chi connectivity index (χ2v) is 6.65. The third-order valence-electron chi connectivity index (χ3n) is 4.06. The topological polar surface area (TPSA) is 73.9 Å². The number of anilines is 1. The summed E-state index contributed by atoms with van der Waals surface area (Å²) in [5.41, 5.74) is 0.992. The maximum absolute atomic E-state index is 12.4. The maximum Gasteiger partial charge on any atom is 0.347 e. The molecule has 2 aromatic rings. The molecule has 0 saturated heterocycles. The van der Waals surface area contributed by atoms with E-state index in [0.29, 0.717) is 27.8 Å². The Kier molecular flexibility index (Phi) is 7.70. The highest BCUT2D eigenvalue weighted by Crippen LogP contribution is 2.27. The van der Waals surface area contributed by atoms with E-state index in [4.69, 9.17) is 25.8 Å². The van der Waals surface area contributed by atoms with Crippen LogP contribution in [0.25, 0.3) is 0 Å². The number of rotatable bonds is 8. The second kappa shape index (κ2) is 9.99. The Morgan fingerprint density at radius 3 is 2.36 bits per heavy atom. The highest BCUT2D eigenvalue weighted by Gasteiger charge is 2.18. The second-order valence-electron chi connectivity index (χ2n) is 6.24. The van der Waals surface area contributed by atoms with Gasteiger partial charge in [0.2, 0.25) is 0 Å². The van der Waals surface area contributed by atoms with Crippen LogP contribution < -0.4 is 14.8 Å². The van der Waals surface area contributed by atoms with Crippen LogP contribution in [-0.2, 0) is 9.53 Å². The molecule has 0 aliphatic heterocycles. The van der Waals surface area contributed by atoms with Gasteiger partial charge >= 0.3 is 5.97 Å². The zero-order valence-corrected chi connectivity index (χ0v) is 17.1. The largest absolute Gasteiger partial charge is 0.495 e. The summed E-state index contributed by atoms with van der Waals surface area (Å²) in [7, 11) is 1.52. The molecular formula is C21H24ClNO5. The lowest BCUT2D eigenvalue weighted by molar-refractivity contribution is -0.155. The number of benzene rings is 2. The molecule has 0 heterocycles. The van der Waals surface area contributed by atoms with Gasteiger partial charge in [-0.1, -0.05) is 18.5 Å². The van der Waals surface area contributed by atoms with E-state index in [0.717, 1.165) is 6.42 Å². The summed E-state index contributed by atoms with van der Waals surface area (Å²) >= 11 is 6.06. The first kappa shape index (κ1) is 21.6. The van der Waals surface area contributed by atoms with Crippen molar-refractivity contribution in [1.82, 2.24) is 0 Å². The van der Waals surface area contributed by atoms with Crippen molar-refractivity contribution in [1.29, 1.82) is 0 Å². The molecule has 150 valence electrons. The first-order valence-corrected chi connectivity index (χ1v) is 9.34. The minimum Gasteiger partial charge on any atom is -0.495 e. The van der Waals surface area contributed by atoms with Crippen molar-refractivity contribution in [3.05, 3.63) is 53.1 Å². The summed E-state index contributed by atoms with van der Waals surface area (Å²) < 4.78 is 15.9. The number of halogens is 1. The van der Waals surface area contributed by atoms with Gasteiger partial charge < -0.3 is 19.5 Å². The summed E-state index contributed by atoms with van der Waals surface area (Å²) in [6, 6.07) is 11.5.